The van der Waals surface area contributed by atoms with Crippen LogP contribution in [0.25, 0.3) is 0 Å². The fraction of sp³-hybridized carbons (Fsp3) is 0.484. The van der Waals surface area contributed by atoms with Gasteiger partial charge in [0.2, 0.25) is 0 Å². The number of Topliss-reactive ketones (excluding diaryl/α,β-unsaturated/α-hetero) is 2. The zero-order valence-corrected chi connectivity index (χ0v) is 21.8. The highest BCUT2D eigenvalue weighted by molar-refractivity contribution is 6.25. The molecular formula is C31H40O3. The second-order valence-corrected chi connectivity index (χ2v) is 10.4. The van der Waals surface area contributed by atoms with E-state index in [1.165, 1.54) is 22.3 Å². The quantitative estimate of drug-likeness (QED) is 0.247. The van der Waals surface area contributed by atoms with Crippen LogP contribution in [0, 0.1) is 0 Å². The molecule has 2 aliphatic rings. The minimum Gasteiger partial charge on any atom is -0.345 e. The summed E-state index contributed by atoms with van der Waals surface area (Å²) in [4.78, 5) is 26.1. The van der Waals surface area contributed by atoms with Gasteiger partial charge in [0.05, 0.1) is 0 Å². The molecule has 1 aliphatic heterocycles. The molecule has 3 heteroatoms. The van der Waals surface area contributed by atoms with Crippen molar-refractivity contribution in [3.8, 4) is 0 Å². The molecule has 0 spiro atoms. The van der Waals surface area contributed by atoms with Gasteiger partial charge in [-0.15, -0.1) is 0 Å². The van der Waals surface area contributed by atoms with E-state index in [-0.39, 0.29) is 11.6 Å². The van der Waals surface area contributed by atoms with Crippen LogP contribution in [0.3, 0.4) is 0 Å². The van der Waals surface area contributed by atoms with Gasteiger partial charge >= 0.3 is 0 Å². The lowest BCUT2D eigenvalue weighted by Gasteiger charge is -2.22. The van der Waals surface area contributed by atoms with E-state index in [1.807, 2.05) is 0 Å². The Morgan fingerprint density at radius 1 is 0.735 bits per heavy atom. The maximum absolute atomic E-state index is 13.2. The predicted molar refractivity (Wildman–Crippen MR) is 140 cm³/mol. The summed E-state index contributed by atoms with van der Waals surface area (Å²) in [6.45, 7) is 12.6. The predicted octanol–water partition coefficient (Wildman–Crippen LogP) is 8.13. The van der Waals surface area contributed by atoms with Crippen molar-refractivity contribution in [3.63, 3.8) is 0 Å². The molecule has 0 amide bonds. The number of rotatable bonds is 11. The molecule has 1 aliphatic carbocycles. The summed E-state index contributed by atoms with van der Waals surface area (Å²) in [5, 5.41) is 0. The van der Waals surface area contributed by atoms with E-state index >= 15 is 0 Å². The first-order chi connectivity index (χ1) is 16.1. The highest BCUT2D eigenvalue weighted by Crippen LogP contribution is 2.57. The van der Waals surface area contributed by atoms with Gasteiger partial charge in [-0.25, -0.2) is 0 Å². The van der Waals surface area contributed by atoms with E-state index in [4.69, 9.17) is 4.74 Å². The largest absolute Gasteiger partial charge is 0.345 e. The average Bonchev–Trinajstić information content (AvgIpc) is 3.43. The van der Waals surface area contributed by atoms with E-state index in [0.717, 1.165) is 38.5 Å². The fourth-order valence-corrected chi connectivity index (χ4v) is 4.80. The van der Waals surface area contributed by atoms with E-state index in [9.17, 15) is 9.59 Å². The van der Waals surface area contributed by atoms with Crippen LogP contribution in [0.2, 0.25) is 0 Å². The highest BCUT2D eigenvalue weighted by Gasteiger charge is 2.77. The standard InChI is InChI=1S/C31H40O3/c1-22(2)12-9-13-23(3)14-10-15-24(4)16-11-17-25(5)20-21-31-29(33)27-19-8-7-18-26(27)28(32)30(31,6)34-31/h7-8,12,14,16,18-20H,9-11,13,15,17,21H2,1-6H3/b23-14+,24-16+,25-20+/t30-,31-/m0/s1. The van der Waals surface area contributed by atoms with E-state index in [0.29, 0.717) is 17.5 Å². The SMILES string of the molecule is CC(C)=CCC/C(C)=C/CC/C(C)=C/CC/C(C)=C/C[C@@]12O[C@@]1(C)C(=O)c1ccccc1C2=O. The molecule has 0 bridgehead atoms. The lowest BCUT2D eigenvalue weighted by molar-refractivity contribution is 0.0847. The van der Waals surface area contributed by atoms with Gasteiger partial charge in [0.25, 0.3) is 0 Å². The lowest BCUT2D eigenvalue weighted by Crippen LogP contribution is -2.43. The maximum atomic E-state index is 13.2. The van der Waals surface area contributed by atoms with Gasteiger partial charge in [-0.3, -0.25) is 9.59 Å². The number of benzene rings is 1. The van der Waals surface area contributed by atoms with Crippen molar-refractivity contribution >= 4 is 11.6 Å². The minimum absolute atomic E-state index is 0.0609. The average molecular weight is 461 g/mol. The Hall–Kier alpha value is -2.52. The summed E-state index contributed by atoms with van der Waals surface area (Å²) < 4.78 is 5.89. The third kappa shape index (κ3) is 5.58. The second kappa shape index (κ2) is 10.8. The fourth-order valence-electron chi connectivity index (χ4n) is 4.80. The smallest absolute Gasteiger partial charge is 0.199 e. The van der Waals surface area contributed by atoms with Crippen LogP contribution in [-0.2, 0) is 4.74 Å². The van der Waals surface area contributed by atoms with Gasteiger partial charge in [0, 0.05) is 17.5 Å². The van der Waals surface area contributed by atoms with Crippen LogP contribution in [0.1, 0.15) is 107 Å². The van der Waals surface area contributed by atoms with Crippen LogP contribution in [0.4, 0.5) is 0 Å². The number of carbonyl (C=O) groups is 2. The summed E-state index contributed by atoms with van der Waals surface area (Å²) in [6, 6.07) is 7.07. The Morgan fingerprint density at radius 3 is 1.74 bits per heavy atom. The molecule has 0 N–H and O–H groups in total. The number of epoxide rings is 1. The molecule has 2 atom stereocenters. The first kappa shape index (κ1) is 26.1. The zero-order valence-electron chi connectivity index (χ0n) is 21.8. The molecule has 34 heavy (non-hydrogen) atoms. The Morgan fingerprint density at radius 2 is 1.21 bits per heavy atom. The number of ether oxygens (including phenoxy) is 1. The number of fused-ring (bicyclic) bond motifs is 2. The van der Waals surface area contributed by atoms with E-state index in [2.05, 4.69) is 58.9 Å². The van der Waals surface area contributed by atoms with Crippen molar-refractivity contribution in [1.29, 1.82) is 0 Å². The molecule has 0 saturated carbocycles. The van der Waals surface area contributed by atoms with Crippen molar-refractivity contribution in [2.75, 3.05) is 0 Å². The summed E-state index contributed by atoms with van der Waals surface area (Å²) >= 11 is 0. The molecule has 3 rings (SSSR count). The summed E-state index contributed by atoms with van der Waals surface area (Å²) in [5.74, 6) is -0.136. The topological polar surface area (TPSA) is 46.7 Å². The molecule has 1 aromatic rings. The molecule has 0 aromatic heterocycles. The van der Waals surface area contributed by atoms with Crippen LogP contribution in [-0.4, -0.2) is 22.8 Å². The third-order valence-electron chi connectivity index (χ3n) is 7.22. The molecule has 182 valence electrons. The van der Waals surface area contributed by atoms with Crippen LogP contribution >= 0.6 is 0 Å². The molecule has 0 radical (unpaired) electrons. The van der Waals surface area contributed by atoms with Crippen LogP contribution in [0.5, 0.6) is 0 Å². The number of hydrogen-bond donors (Lipinski definition) is 0. The first-order valence-corrected chi connectivity index (χ1v) is 12.6. The highest BCUT2D eigenvalue weighted by atomic mass is 16.6. The van der Waals surface area contributed by atoms with Crippen molar-refractivity contribution < 1.29 is 14.3 Å². The molecule has 3 nitrogen and oxygen atoms in total. The lowest BCUT2D eigenvalue weighted by atomic mass is 9.73. The Balaban J connectivity index is 1.48. The minimum atomic E-state index is -1.03. The van der Waals surface area contributed by atoms with Crippen molar-refractivity contribution in [1.82, 2.24) is 0 Å². The normalized spacial score (nSPS) is 24.6. The number of allylic oxidation sites excluding steroid dienone is 7. The molecule has 1 aromatic carbocycles. The summed E-state index contributed by atoms with van der Waals surface area (Å²) in [7, 11) is 0. The van der Waals surface area contributed by atoms with Gasteiger partial charge in [-0.05, 0) is 80.1 Å². The summed E-state index contributed by atoms with van der Waals surface area (Å²) in [5.41, 5.74) is 4.43. The maximum Gasteiger partial charge on any atom is 0.199 e. The van der Waals surface area contributed by atoms with Gasteiger partial charge in [-0.1, -0.05) is 70.9 Å². The van der Waals surface area contributed by atoms with Crippen LogP contribution in [0.15, 0.2) is 70.9 Å². The monoisotopic (exact) mass is 460 g/mol. The summed E-state index contributed by atoms with van der Waals surface area (Å²) in [6.07, 6.45) is 15.9. The molecule has 1 saturated heterocycles. The van der Waals surface area contributed by atoms with E-state index in [1.54, 1.807) is 31.2 Å². The van der Waals surface area contributed by atoms with Crippen molar-refractivity contribution in [2.45, 2.75) is 97.7 Å². The molecule has 1 fully saturated rings. The van der Waals surface area contributed by atoms with Crippen LogP contribution < -0.4 is 0 Å². The van der Waals surface area contributed by atoms with Gasteiger partial charge in [-0.2, -0.15) is 0 Å². The van der Waals surface area contributed by atoms with Gasteiger partial charge < -0.3 is 4.74 Å². The van der Waals surface area contributed by atoms with E-state index < -0.39 is 11.2 Å². The Kier molecular flexibility index (Phi) is 8.30. The second-order valence-electron chi connectivity index (χ2n) is 10.4. The number of hydrogen-bond acceptors (Lipinski definition) is 3. The Bertz CT molecular complexity index is 1060. The number of carbonyl (C=O) groups excluding carboxylic acids is 2. The molecule has 1 heterocycles. The van der Waals surface area contributed by atoms with Crippen molar-refractivity contribution in [2.24, 2.45) is 0 Å². The van der Waals surface area contributed by atoms with Gasteiger partial charge in [0.1, 0.15) is 0 Å². The molecule has 0 unspecified atom stereocenters. The number of ketones is 2. The van der Waals surface area contributed by atoms with Crippen molar-refractivity contribution in [3.05, 3.63) is 82.0 Å². The Labute approximate surface area is 205 Å². The molecular weight excluding hydrogens is 420 g/mol. The van der Waals surface area contributed by atoms with Gasteiger partial charge in [0.15, 0.2) is 22.8 Å². The third-order valence-corrected chi connectivity index (χ3v) is 7.22. The zero-order chi connectivity index (χ0) is 24.9. The first-order valence-electron chi connectivity index (χ1n) is 12.6.